The molecule has 0 amide bonds. The summed E-state index contributed by atoms with van der Waals surface area (Å²) >= 11 is 0. The Kier molecular flexibility index (Phi) is 5.82. The Morgan fingerprint density at radius 1 is 0.769 bits per heavy atom. The van der Waals surface area contributed by atoms with Crippen molar-refractivity contribution < 1.29 is 9.90 Å². The van der Waals surface area contributed by atoms with Crippen molar-refractivity contribution in [2.24, 2.45) is 0 Å². The summed E-state index contributed by atoms with van der Waals surface area (Å²) in [6.07, 6.45) is 0. The third kappa shape index (κ3) is 4.80. The lowest BCUT2D eigenvalue weighted by Crippen LogP contribution is -2.22. The van der Waals surface area contributed by atoms with Crippen LogP contribution in [-0.2, 0) is 19.6 Å². The zero-order valence-corrected chi connectivity index (χ0v) is 14.9. The smallest absolute Gasteiger partial charge is 0.335 e. The van der Waals surface area contributed by atoms with E-state index in [9.17, 15) is 9.90 Å². The molecule has 3 nitrogen and oxygen atoms in total. The molecule has 0 heterocycles. The van der Waals surface area contributed by atoms with Gasteiger partial charge in [-0.2, -0.15) is 0 Å². The zero-order valence-electron chi connectivity index (χ0n) is 14.9. The van der Waals surface area contributed by atoms with Gasteiger partial charge in [0.25, 0.3) is 0 Å². The first-order chi connectivity index (χ1) is 12.6. The first kappa shape index (κ1) is 17.9. The average Bonchev–Trinajstić information content (AvgIpc) is 2.63. The van der Waals surface area contributed by atoms with Gasteiger partial charge in [0.1, 0.15) is 0 Å². The molecule has 3 rings (SSSR count). The molecule has 132 valence electrons. The molecule has 0 fully saturated rings. The van der Waals surface area contributed by atoms with Crippen molar-refractivity contribution in [2.45, 2.75) is 26.6 Å². The lowest BCUT2D eigenvalue weighted by molar-refractivity contribution is 0.0696. The molecule has 0 aliphatic rings. The lowest BCUT2D eigenvalue weighted by atomic mass is 10.0. The van der Waals surface area contributed by atoms with Crippen LogP contribution in [-0.4, -0.2) is 16.0 Å². The van der Waals surface area contributed by atoms with E-state index in [1.165, 1.54) is 11.1 Å². The van der Waals surface area contributed by atoms with Gasteiger partial charge in [0.15, 0.2) is 0 Å². The van der Waals surface area contributed by atoms with Crippen LogP contribution >= 0.6 is 0 Å². The molecule has 0 bridgehead atoms. The summed E-state index contributed by atoms with van der Waals surface area (Å²) in [6.45, 7) is 4.31. The van der Waals surface area contributed by atoms with E-state index in [-0.39, 0.29) is 0 Å². The van der Waals surface area contributed by atoms with Gasteiger partial charge in [-0.15, -0.1) is 0 Å². The van der Waals surface area contributed by atoms with Crippen molar-refractivity contribution >= 4 is 5.97 Å². The van der Waals surface area contributed by atoms with Gasteiger partial charge in [0.2, 0.25) is 0 Å². The van der Waals surface area contributed by atoms with Crippen molar-refractivity contribution in [1.29, 1.82) is 0 Å². The monoisotopic (exact) mass is 345 g/mol. The van der Waals surface area contributed by atoms with Crippen molar-refractivity contribution in [3.05, 3.63) is 107 Å². The molecule has 0 saturated carbocycles. The summed E-state index contributed by atoms with van der Waals surface area (Å²) in [5.41, 5.74) is 4.82. The zero-order chi connectivity index (χ0) is 18.4. The molecule has 0 aliphatic heterocycles. The van der Waals surface area contributed by atoms with Crippen LogP contribution in [0.2, 0.25) is 0 Å². The minimum Gasteiger partial charge on any atom is -0.478 e. The number of hydrogen-bond acceptors (Lipinski definition) is 2. The third-order valence-electron chi connectivity index (χ3n) is 4.43. The van der Waals surface area contributed by atoms with E-state index < -0.39 is 5.97 Å². The predicted molar refractivity (Wildman–Crippen MR) is 104 cm³/mol. The van der Waals surface area contributed by atoms with Crippen LogP contribution in [0.1, 0.15) is 32.6 Å². The van der Waals surface area contributed by atoms with Crippen molar-refractivity contribution in [3.8, 4) is 0 Å². The highest BCUT2D eigenvalue weighted by Crippen LogP contribution is 2.17. The van der Waals surface area contributed by atoms with Gasteiger partial charge in [-0.25, -0.2) is 4.79 Å². The summed E-state index contributed by atoms with van der Waals surface area (Å²) < 4.78 is 0. The molecule has 0 aliphatic carbocycles. The second-order valence-corrected chi connectivity index (χ2v) is 6.57. The Hall–Kier alpha value is -2.91. The minimum absolute atomic E-state index is 0.367. The van der Waals surface area contributed by atoms with Crippen LogP contribution in [0, 0.1) is 6.92 Å². The van der Waals surface area contributed by atoms with Crippen molar-refractivity contribution in [1.82, 2.24) is 4.90 Å². The van der Waals surface area contributed by atoms with E-state index in [1.807, 2.05) is 31.2 Å². The molecule has 26 heavy (non-hydrogen) atoms. The third-order valence-corrected chi connectivity index (χ3v) is 4.43. The number of aromatic carboxylic acids is 1. The van der Waals surface area contributed by atoms with E-state index in [0.29, 0.717) is 5.56 Å². The number of hydrogen-bond donors (Lipinski definition) is 1. The molecule has 0 unspecified atom stereocenters. The molecule has 1 N–H and O–H groups in total. The maximum Gasteiger partial charge on any atom is 0.335 e. The van der Waals surface area contributed by atoms with E-state index in [4.69, 9.17) is 0 Å². The molecule has 3 heteroatoms. The fourth-order valence-corrected chi connectivity index (χ4v) is 3.17. The quantitative estimate of drug-likeness (QED) is 0.662. The number of carbonyl (C=O) groups is 1. The number of nitrogens with zero attached hydrogens (tertiary/aromatic N) is 1. The van der Waals surface area contributed by atoms with Gasteiger partial charge in [-0.3, -0.25) is 4.90 Å². The van der Waals surface area contributed by atoms with Crippen LogP contribution in [0.15, 0.2) is 78.9 Å². The lowest BCUT2D eigenvalue weighted by Gasteiger charge is -2.23. The minimum atomic E-state index is -0.875. The van der Waals surface area contributed by atoms with Gasteiger partial charge in [-0.05, 0) is 35.2 Å². The van der Waals surface area contributed by atoms with Crippen molar-refractivity contribution in [2.75, 3.05) is 0 Å². The molecule has 0 saturated heterocycles. The molecule has 3 aromatic rings. The van der Waals surface area contributed by atoms with Crippen LogP contribution in [0.4, 0.5) is 0 Å². The molecule has 0 spiro atoms. The van der Waals surface area contributed by atoms with Crippen LogP contribution in [0.25, 0.3) is 0 Å². The SMILES string of the molecule is Cc1cc(CN(Cc2ccccc2)Cc2ccccc2)ccc1C(=O)O. The first-order valence-corrected chi connectivity index (χ1v) is 8.75. The number of carboxylic acid groups (broad SMARTS) is 1. The van der Waals surface area contributed by atoms with Gasteiger partial charge < -0.3 is 5.11 Å². The second kappa shape index (κ2) is 8.45. The van der Waals surface area contributed by atoms with Gasteiger partial charge >= 0.3 is 5.97 Å². The van der Waals surface area contributed by atoms with E-state index in [2.05, 4.69) is 53.4 Å². The van der Waals surface area contributed by atoms with E-state index in [1.54, 1.807) is 6.07 Å². The number of carboxylic acids is 1. The first-order valence-electron chi connectivity index (χ1n) is 8.75. The molecule has 0 aromatic heterocycles. The second-order valence-electron chi connectivity index (χ2n) is 6.57. The molecular weight excluding hydrogens is 322 g/mol. The maximum atomic E-state index is 11.2. The molecule has 0 radical (unpaired) electrons. The number of benzene rings is 3. The number of aryl methyl sites for hydroxylation is 1. The summed E-state index contributed by atoms with van der Waals surface area (Å²) in [6, 6.07) is 26.4. The van der Waals surface area contributed by atoms with Gasteiger partial charge in [-0.1, -0.05) is 72.8 Å². The van der Waals surface area contributed by atoms with Crippen LogP contribution in [0.5, 0.6) is 0 Å². The Morgan fingerprint density at radius 2 is 1.27 bits per heavy atom. The van der Waals surface area contributed by atoms with Crippen LogP contribution in [0.3, 0.4) is 0 Å². The summed E-state index contributed by atoms with van der Waals surface area (Å²) in [5, 5.41) is 9.22. The Morgan fingerprint density at radius 3 is 1.73 bits per heavy atom. The van der Waals surface area contributed by atoms with Gasteiger partial charge in [0.05, 0.1) is 5.56 Å². The normalized spacial score (nSPS) is 10.8. The maximum absolute atomic E-state index is 11.2. The molecular formula is C23H23NO2. The Labute approximate surface area is 154 Å². The van der Waals surface area contributed by atoms with E-state index in [0.717, 1.165) is 30.8 Å². The highest BCUT2D eigenvalue weighted by atomic mass is 16.4. The number of rotatable bonds is 7. The summed E-state index contributed by atoms with van der Waals surface area (Å²) in [7, 11) is 0. The summed E-state index contributed by atoms with van der Waals surface area (Å²) in [5.74, 6) is -0.875. The average molecular weight is 345 g/mol. The predicted octanol–water partition coefficient (Wildman–Crippen LogP) is 4.90. The fraction of sp³-hybridized carbons (Fsp3) is 0.174. The largest absolute Gasteiger partial charge is 0.478 e. The Balaban J connectivity index is 1.80. The summed E-state index contributed by atoms with van der Waals surface area (Å²) in [4.78, 5) is 13.6. The van der Waals surface area contributed by atoms with Crippen LogP contribution < -0.4 is 0 Å². The van der Waals surface area contributed by atoms with Crippen molar-refractivity contribution in [3.63, 3.8) is 0 Å². The molecule has 0 atom stereocenters. The van der Waals surface area contributed by atoms with Gasteiger partial charge in [0, 0.05) is 19.6 Å². The van der Waals surface area contributed by atoms with E-state index >= 15 is 0 Å². The Bertz CT molecular complexity index is 818. The topological polar surface area (TPSA) is 40.5 Å². The highest BCUT2D eigenvalue weighted by molar-refractivity contribution is 5.89. The molecule has 3 aromatic carbocycles. The fourth-order valence-electron chi connectivity index (χ4n) is 3.17. The standard InChI is InChI=1S/C23H23NO2/c1-18-14-21(12-13-22(18)23(25)26)17-24(15-19-8-4-2-5-9-19)16-20-10-6-3-7-11-20/h2-14H,15-17H2,1H3,(H,25,26). The highest BCUT2D eigenvalue weighted by Gasteiger charge is 2.11.